The van der Waals surface area contributed by atoms with Gasteiger partial charge in [0.15, 0.2) is 5.82 Å². The second kappa shape index (κ2) is 7.14. The Bertz CT molecular complexity index is 956. The summed E-state index contributed by atoms with van der Waals surface area (Å²) in [5.41, 5.74) is 7.59. The van der Waals surface area contributed by atoms with Crippen molar-refractivity contribution in [3.63, 3.8) is 0 Å². The van der Waals surface area contributed by atoms with Crippen molar-refractivity contribution < 1.29 is 9.32 Å². The molecule has 1 aromatic carbocycles. The Balaban J connectivity index is 1.63. The quantitative estimate of drug-likeness (QED) is 0.760. The maximum atomic E-state index is 13.2. The summed E-state index contributed by atoms with van der Waals surface area (Å²) in [6, 6.07) is 9.52. The Labute approximate surface area is 156 Å². The number of likely N-dealkylation sites (tertiary alicyclic amines) is 1. The Morgan fingerprint density at radius 2 is 2.07 bits per heavy atom. The average Bonchev–Trinajstić information content (AvgIpc) is 3.14. The number of hydrogen-bond acceptors (Lipinski definition) is 7. The Morgan fingerprint density at radius 3 is 2.81 bits per heavy atom. The highest BCUT2D eigenvalue weighted by Crippen LogP contribution is 2.28. The van der Waals surface area contributed by atoms with E-state index in [4.69, 9.17) is 10.3 Å². The van der Waals surface area contributed by atoms with Gasteiger partial charge in [-0.2, -0.15) is 4.98 Å². The van der Waals surface area contributed by atoms with Gasteiger partial charge in [-0.1, -0.05) is 35.5 Å². The van der Waals surface area contributed by atoms with Crippen molar-refractivity contribution in [3.8, 4) is 11.3 Å². The van der Waals surface area contributed by atoms with Gasteiger partial charge in [0.05, 0.1) is 11.3 Å². The number of nitrogens with two attached hydrogens (primary N) is 1. The minimum atomic E-state index is -0.112. The zero-order chi connectivity index (χ0) is 18.8. The van der Waals surface area contributed by atoms with Crippen molar-refractivity contribution >= 4 is 11.9 Å². The van der Waals surface area contributed by atoms with Crippen molar-refractivity contribution in [3.05, 3.63) is 53.8 Å². The number of piperidine rings is 1. The number of carbonyl (C=O) groups is 1. The van der Waals surface area contributed by atoms with E-state index in [1.807, 2.05) is 30.3 Å². The van der Waals surface area contributed by atoms with Crippen LogP contribution in [0.25, 0.3) is 11.3 Å². The molecule has 0 saturated carbocycles. The van der Waals surface area contributed by atoms with Crippen LogP contribution in [0.1, 0.15) is 40.8 Å². The van der Waals surface area contributed by atoms with Crippen LogP contribution in [0.3, 0.4) is 0 Å². The minimum Gasteiger partial charge on any atom is -0.368 e. The number of aromatic nitrogens is 4. The van der Waals surface area contributed by atoms with Crippen LogP contribution in [0.2, 0.25) is 0 Å². The molecule has 0 bridgehead atoms. The van der Waals surface area contributed by atoms with Gasteiger partial charge in [-0.05, 0) is 12.8 Å². The van der Waals surface area contributed by atoms with E-state index < -0.39 is 0 Å². The van der Waals surface area contributed by atoms with Crippen molar-refractivity contribution in [2.45, 2.75) is 25.7 Å². The second-order valence-corrected chi connectivity index (χ2v) is 6.62. The largest absolute Gasteiger partial charge is 0.368 e. The standard InChI is InChI=1S/C19H20N6O2/c1-12-22-17(24-27-12)14-8-5-9-25(11-14)18(26)15-10-21-19(20)23-16(15)13-6-3-2-4-7-13/h2-4,6-7,10,14H,5,8-9,11H2,1H3,(H2,20,21,23). The molecule has 1 amide bonds. The number of hydrogen-bond donors (Lipinski definition) is 1. The lowest BCUT2D eigenvalue weighted by molar-refractivity contribution is 0.0703. The van der Waals surface area contributed by atoms with E-state index >= 15 is 0 Å². The lowest BCUT2D eigenvalue weighted by Gasteiger charge is -2.31. The molecule has 4 rings (SSSR count). The molecule has 1 unspecified atom stereocenters. The van der Waals surface area contributed by atoms with E-state index in [-0.39, 0.29) is 17.8 Å². The van der Waals surface area contributed by atoms with Crippen LogP contribution in [0, 0.1) is 6.92 Å². The van der Waals surface area contributed by atoms with Crippen molar-refractivity contribution in [2.75, 3.05) is 18.8 Å². The molecule has 138 valence electrons. The highest BCUT2D eigenvalue weighted by Gasteiger charge is 2.30. The van der Waals surface area contributed by atoms with E-state index in [0.717, 1.165) is 18.4 Å². The molecule has 3 heterocycles. The lowest BCUT2D eigenvalue weighted by atomic mass is 9.96. The van der Waals surface area contributed by atoms with Crippen LogP contribution in [-0.4, -0.2) is 44.0 Å². The zero-order valence-electron chi connectivity index (χ0n) is 15.0. The van der Waals surface area contributed by atoms with Gasteiger partial charge < -0.3 is 15.2 Å². The first-order chi connectivity index (χ1) is 13.1. The summed E-state index contributed by atoms with van der Waals surface area (Å²) in [6.07, 6.45) is 3.31. The van der Waals surface area contributed by atoms with Crippen LogP contribution >= 0.6 is 0 Å². The van der Waals surface area contributed by atoms with Gasteiger partial charge in [0, 0.05) is 37.7 Å². The molecule has 2 aromatic heterocycles. The highest BCUT2D eigenvalue weighted by molar-refractivity contribution is 5.99. The number of nitrogen functional groups attached to an aromatic ring is 1. The first kappa shape index (κ1) is 17.1. The molecule has 0 spiro atoms. The molecular weight excluding hydrogens is 344 g/mol. The predicted octanol–water partition coefficient (Wildman–Crippen LogP) is 2.44. The number of benzene rings is 1. The SMILES string of the molecule is Cc1nc(C2CCCN(C(=O)c3cnc(N)nc3-c3ccccc3)C2)no1. The summed E-state index contributed by atoms with van der Waals surface area (Å²) in [7, 11) is 0. The maximum Gasteiger partial charge on any atom is 0.257 e. The first-order valence-corrected chi connectivity index (χ1v) is 8.89. The molecule has 1 atom stereocenters. The monoisotopic (exact) mass is 364 g/mol. The van der Waals surface area contributed by atoms with Crippen LogP contribution in [0.15, 0.2) is 41.1 Å². The topological polar surface area (TPSA) is 111 Å². The third-order valence-corrected chi connectivity index (χ3v) is 4.70. The summed E-state index contributed by atoms with van der Waals surface area (Å²) in [4.78, 5) is 27.7. The molecule has 27 heavy (non-hydrogen) atoms. The summed E-state index contributed by atoms with van der Waals surface area (Å²) in [5.74, 6) is 1.28. The third kappa shape index (κ3) is 3.51. The Hall–Kier alpha value is -3.29. The van der Waals surface area contributed by atoms with Crippen molar-refractivity contribution in [2.24, 2.45) is 0 Å². The average molecular weight is 364 g/mol. The molecule has 1 saturated heterocycles. The maximum absolute atomic E-state index is 13.2. The molecule has 0 aliphatic carbocycles. The van der Waals surface area contributed by atoms with Crippen LogP contribution in [0.4, 0.5) is 5.95 Å². The van der Waals surface area contributed by atoms with Gasteiger partial charge in [-0.15, -0.1) is 0 Å². The molecule has 1 aliphatic heterocycles. The molecule has 0 radical (unpaired) electrons. The van der Waals surface area contributed by atoms with Gasteiger partial charge in [-0.3, -0.25) is 4.79 Å². The van der Waals surface area contributed by atoms with Gasteiger partial charge in [0.1, 0.15) is 0 Å². The van der Waals surface area contributed by atoms with Gasteiger partial charge in [0.2, 0.25) is 11.8 Å². The van der Waals surface area contributed by atoms with Crippen molar-refractivity contribution in [1.82, 2.24) is 25.0 Å². The number of rotatable bonds is 3. The van der Waals surface area contributed by atoms with Gasteiger partial charge >= 0.3 is 0 Å². The number of amides is 1. The number of anilines is 1. The fourth-order valence-electron chi connectivity index (χ4n) is 3.39. The fraction of sp³-hybridized carbons (Fsp3) is 0.316. The molecule has 8 nitrogen and oxygen atoms in total. The van der Waals surface area contributed by atoms with Gasteiger partial charge in [-0.25, -0.2) is 9.97 Å². The van der Waals surface area contributed by atoms with E-state index in [2.05, 4.69) is 20.1 Å². The predicted molar refractivity (Wildman–Crippen MR) is 98.8 cm³/mol. The molecule has 3 aromatic rings. The molecular formula is C19H20N6O2. The van der Waals surface area contributed by atoms with E-state index in [1.54, 1.807) is 11.8 Å². The van der Waals surface area contributed by atoms with E-state index in [0.29, 0.717) is 36.1 Å². The fourth-order valence-corrected chi connectivity index (χ4v) is 3.39. The smallest absolute Gasteiger partial charge is 0.257 e. The number of nitrogens with zero attached hydrogens (tertiary/aromatic N) is 5. The number of carbonyl (C=O) groups excluding carboxylic acids is 1. The van der Waals surface area contributed by atoms with Gasteiger partial charge in [0.25, 0.3) is 5.91 Å². The van der Waals surface area contributed by atoms with Crippen LogP contribution in [-0.2, 0) is 0 Å². The van der Waals surface area contributed by atoms with Crippen molar-refractivity contribution in [1.29, 1.82) is 0 Å². The normalized spacial score (nSPS) is 17.1. The Morgan fingerprint density at radius 1 is 1.26 bits per heavy atom. The summed E-state index contributed by atoms with van der Waals surface area (Å²) < 4.78 is 5.09. The third-order valence-electron chi connectivity index (χ3n) is 4.70. The van der Waals surface area contributed by atoms with Crippen LogP contribution < -0.4 is 5.73 Å². The minimum absolute atomic E-state index is 0.0648. The van der Waals surface area contributed by atoms with Crippen LogP contribution in [0.5, 0.6) is 0 Å². The lowest BCUT2D eigenvalue weighted by Crippen LogP contribution is -2.39. The van der Waals surface area contributed by atoms with E-state index in [1.165, 1.54) is 6.20 Å². The number of aryl methyl sites for hydroxylation is 1. The molecule has 1 aliphatic rings. The second-order valence-electron chi connectivity index (χ2n) is 6.62. The first-order valence-electron chi connectivity index (χ1n) is 8.89. The Kier molecular flexibility index (Phi) is 4.53. The van der Waals surface area contributed by atoms with E-state index in [9.17, 15) is 4.79 Å². The summed E-state index contributed by atoms with van der Waals surface area (Å²) in [6.45, 7) is 2.97. The molecule has 2 N–H and O–H groups in total. The summed E-state index contributed by atoms with van der Waals surface area (Å²) in [5, 5.41) is 4.02. The summed E-state index contributed by atoms with van der Waals surface area (Å²) >= 11 is 0. The zero-order valence-corrected chi connectivity index (χ0v) is 15.0. The molecule has 8 heteroatoms. The highest BCUT2D eigenvalue weighted by atomic mass is 16.5. The molecule has 1 fully saturated rings.